The van der Waals surface area contributed by atoms with E-state index >= 15 is 0 Å². The first-order chi connectivity index (χ1) is 10.6. The number of carbonyl (C=O) groups is 1. The SMILES string of the molecule is CC#CC(CC(=O)OC)c1ccc(OCC2(CO)CC2)cc1. The van der Waals surface area contributed by atoms with Crippen molar-refractivity contribution in [3.05, 3.63) is 29.8 Å². The number of esters is 1. The molecule has 1 aromatic rings. The fourth-order valence-corrected chi connectivity index (χ4v) is 2.23. The first-order valence-corrected chi connectivity index (χ1v) is 7.45. The Morgan fingerprint density at radius 3 is 2.55 bits per heavy atom. The van der Waals surface area contributed by atoms with Gasteiger partial charge >= 0.3 is 5.97 Å². The van der Waals surface area contributed by atoms with Crippen molar-refractivity contribution in [3.63, 3.8) is 0 Å². The van der Waals surface area contributed by atoms with Crippen LogP contribution in [0, 0.1) is 17.3 Å². The summed E-state index contributed by atoms with van der Waals surface area (Å²) >= 11 is 0. The zero-order chi connectivity index (χ0) is 16.0. The van der Waals surface area contributed by atoms with Crippen LogP contribution < -0.4 is 4.74 Å². The molecule has 0 aliphatic heterocycles. The molecule has 0 saturated heterocycles. The summed E-state index contributed by atoms with van der Waals surface area (Å²) in [5.74, 6) is 6.22. The molecular weight excluding hydrogens is 280 g/mol. The van der Waals surface area contributed by atoms with Crippen molar-refractivity contribution in [1.29, 1.82) is 0 Å². The normalized spacial score (nSPS) is 16.1. The molecule has 0 spiro atoms. The summed E-state index contributed by atoms with van der Waals surface area (Å²) in [5, 5.41) is 9.28. The Morgan fingerprint density at radius 2 is 2.05 bits per heavy atom. The van der Waals surface area contributed by atoms with Gasteiger partial charge in [-0.3, -0.25) is 4.79 Å². The number of ether oxygens (including phenoxy) is 2. The van der Waals surface area contributed by atoms with Gasteiger partial charge in [0.2, 0.25) is 0 Å². The minimum atomic E-state index is -0.272. The van der Waals surface area contributed by atoms with Gasteiger partial charge < -0.3 is 14.6 Å². The van der Waals surface area contributed by atoms with Crippen molar-refractivity contribution in [2.24, 2.45) is 5.41 Å². The second-order valence-electron chi connectivity index (χ2n) is 5.74. The molecule has 1 saturated carbocycles. The van der Waals surface area contributed by atoms with Crippen molar-refractivity contribution in [1.82, 2.24) is 0 Å². The van der Waals surface area contributed by atoms with Gasteiger partial charge in [-0.2, -0.15) is 0 Å². The lowest BCUT2D eigenvalue weighted by atomic mass is 9.96. The lowest BCUT2D eigenvalue weighted by Gasteiger charge is -2.14. The van der Waals surface area contributed by atoms with Gasteiger partial charge in [-0.15, -0.1) is 5.92 Å². The fraction of sp³-hybridized carbons (Fsp3) is 0.500. The summed E-state index contributed by atoms with van der Waals surface area (Å²) in [7, 11) is 1.38. The maximum atomic E-state index is 11.5. The molecule has 1 unspecified atom stereocenters. The van der Waals surface area contributed by atoms with E-state index in [4.69, 9.17) is 9.47 Å². The zero-order valence-electron chi connectivity index (χ0n) is 13.1. The molecular formula is C18H22O4. The molecule has 2 rings (SSSR count). The lowest BCUT2D eigenvalue weighted by molar-refractivity contribution is -0.140. The van der Waals surface area contributed by atoms with Gasteiger partial charge in [-0.1, -0.05) is 18.1 Å². The highest BCUT2D eigenvalue weighted by Gasteiger charge is 2.42. The van der Waals surface area contributed by atoms with Gasteiger partial charge in [0.15, 0.2) is 0 Å². The molecule has 1 atom stereocenters. The minimum absolute atomic E-state index is 0.0280. The van der Waals surface area contributed by atoms with E-state index in [0.29, 0.717) is 6.61 Å². The maximum Gasteiger partial charge on any atom is 0.307 e. The Bertz CT molecular complexity index is 561. The first kappa shape index (κ1) is 16.4. The summed E-state index contributed by atoms with van der Waals surface area (Å²) in [4.78, 5) is 11.5. The number of hydrogen-bond acceptors (Lipinski definition) is 4. The van der Waals surface area contributed by atoms with E-state index in [1.807, 2.05) is 24.3 Å². The number of carbonyl (C=O) groups excluding carboxylic acids is 1. The fourth-order valence-electron chi connectivity index (χ4n) is 2.23. The van der Waals surface area contributed by atoms with E-state index in [1.54, 1.807) is 6.92 Å². The predicted molar refractivity (Wildman–Crippen MR) is 83.5 cm³/mol. The van der Waals surface area contributed by atoms with Gasteiger partial charge in [0.1, 0.15) is 5.75 Å². The molecule has 1 aliphatic rings. The van der Waals surface area contributed by atoms with Crippen LogP contribution in [0.5, 0.6) is 5.75 Å². The Labute approximate surface area is 131 Å². The molecule has 1 aromatic carbocycles. The molecule has 1 fully saturated rings. The molecule has 4 nitrogen and oxygen atoms in total. The zero-order valence-corrected chi connectivity index (χ0v) is 13.1. The van der Waals surface area contributed by atoms with Crippen LogP contribution in [-0.4, -0.2) is 31.4 Å². The van der Waals surface area contributed by atoms with Gasteiger partial charge in [-0.05, 0) is 37.5 Å². The van der Waals surface area contributed by atoms with Gasteiger partial charge in [0, 0.05) is 5.41 Å². The van der Waals surface area contributed by atoms with Crippen LogP contribution in [0.3, 0.4) is 0 Å². The highest BCUT2D eigenvalue weighted by atomic mass is 16.5. The Balaban J connectivity index is 1.99. The Morgan fingerprint density at radius 1 is 1.36 bits per heavy atom. The van der Waals surface area contributed by atoms with Gasteiger partial charge in [0.25, 0.3) is 0 Å². The minimum Gasteiger partial charge on any atom is -0.493 e. The molecule has 118 valence electrons. The number of hydrogen-bond donors (Lipinski definition) is 1. The van der Waals surface area contributed by atoms with Crippen molar-refractivity contribution >= 4 is 5.97 Å². The molecule has 1 N–H and O–H groups in total. The lowest BCUT2D eigenvalue weighted by Crippen LogP contribution is -2.17. The van der Waals surface area contributed by atoms with E-state index in [1.165, 1.54) is 7.11 Å². The number of aliphatic hydroxyl groups is 1. The average Bonchev–Trinajstić information content (AvgIpc) is 3.33. The summed E-state index contributed by atoms with van der Waals surface area (Å²) in [5.41, 5.74) is 0.940. The summed E-state index contributed by atoms with van der Waals surface area (Å²) in [6.07, 6.45) is 2.29. The summed E-state index contributed by atoms with van der Waals surface area (Å²) in [6.45, 7) is 2.48. The van der Waals surface area contributed by atoms with E-state index in [0.717, 1.165) is 24.2 Å². The van der Waals surface area contributed by atoms with Crippen molar-refractivity contribution in [2.45, 2.75) is 32.1 Å². The van der Waals surface area contributed by atoms with E-state index < -0.39 is 0 Å². The number of benzene rings is 1. The predicted octanol–water partition coefficient (Wildman–Crippen LogP) is 2.51. The van der Waals surface area contributed by atoms with E-state index in [2.05, 4.69) is 11.8 Å². The van der Waals surface area contributed by atoms with Crippen molar-refractivity contribution in [2.75, 3.05) is 20.3 Å². The smallest absolute Gasteiger partial charge is 0.307 e. The Kier molecular flexibility index (Phi) is 5.46. The maximum absolute atomic E-state index is 11.5. The first-order valence-electron chi connectivity index (χ1n) is 7.45. The largest absolute Gasteiger partial charge is 0.493 e. The van der Waals surface area contributed by atoms with E-state index in [9.17, 15) is 9.90 Å². The Hall–Kier alpha value is -1.99. The molecule has 1 aliphatic carbocycles. The number of rotatable bonds is 7. The third-order valence-corrected chi connectivity index (χ3v) is 4.04. The van der Waals surface area contributed by atoms with Crippen LogP contribution in [0.1, 0.15) is 37.7 Å². The van der Waals surface area contributed by atoms with E-state index in [-0.39, 0.29) is 30.3 Å². The molecule has 0 radical (unpaired) electrons. The van der Waals surface area contributed by atoms with Crippen LogP contribution in [0.4, 0.5) is 0 Å². The third kappa shape index (κ3) is 4.25. The molecule has 0 amide bonds. The topological polar surface area (TPSA) is 55.8 Å². The van der Waals surface area contributed by atoms with Crippen LogP contribution >= 0.6 is 0 Å². The second-order valence-corrected chi connectivity index (χ2v) is 5.74. The van der Waals surface area contributed by atoms with Gasteiger partial charge in [0.05, 0.1) is 32.7 Å². The quantitative estimate of drug-likeness (QED) is 0.621. The molecule has 0 bridgehead atoms. The van der Waals surface area contributed by atoms with Gasteiger partial charge in [-0.25, -0.2) is 0 Å². The van der Waals surface area contributed by atoms with Crippen LogP contribution in [0.2, 0.25) is 0 Å². The summed E-state index contributed by atoms with van der Waals surface area (Å²) in [6, 6.07) is 7.60. The van der Waals surface area contributed by atoms with Crippen LogP contribution in [-0.2, 0) is 9.53 Å². The standard InChI is InChI=1S/C18H22O4/c1-3-4-15(11-17(20)21-2)14-5-7-16(8-6-14)22-13-18(12-19)9-10-18/h5-8,15,19H,9-13H2,1-2H3. The number of methoxy groups -OCH3 is 1. The van der Waals surface area contributed by atoms with Crippen molar-refractivity contribution < 1.29 is 19.4 Å². The second kappa shape index (κ2) is 7.33. The number of aliphatic hydroxyl groups excluding tert-OH is 1. The summed E-state index contributed by atoms with van der Waals surface area (Å²) < 4.78 is 10.4. The molecule has 22 heavy (non-hydrogen) atoms. The highest BCUT2D eigenvalue weighted by Crippen LogP contribution is 2.45. The van der Waals surface area contributed by atoms with Crippen LogP contribution in [0.15, 0.2) is 24.3 Å². The third-order valence-electron chi connectivity index (χ3n) is 4.04. The molecule has 0 heterocycles. The average molecular weight is 302 g/mol. The van der Waals surface area contributed by atoms with Crippen molar-refractivity contribution in [3.8, 4) is 17.6 Å². The van der Waals surface area contributed by atoms with Crippen LogP contribution in [0.25, 0.3) is 0 Å². The highest BCUT2D eigenvalue weighted by molar-refractivity contribution is 5.71. The molecule has 4 heteroatoms. The molecule has 0 aromatic heterocycles. The monoisotopic (exact) mass is 302 g/mol.